The number of pyridine rings is 1. The van der Waals surface area contributed by atoms with Crippen molar-refractivity contribution in [1.82, 2.24) is 10.3 Å². The Morgan fingerprint density at radius 1 is 1.42 bits per heavy atom. The second-order valence-corrected chi connectivity index (χ2v) is 5.67. The maximum Gasteiger partial charge on any atom is 0.239 e. The highest BCUT2D eigenvalue weighted by Gasteiger charge is 2.14. The van der Waals surface area contributed by atoms with Gasteiger partial charge in [0, 0.05) is 11.7 Å². The van der Waals surface area contributed by atoms with Crippen LogP contribution in [0, 0.1) is 0 Å². The van der Waals surface area contributed by atoms with Crippen LogP contribution in [0.3, 0.4) is 0 Å². The Morgan fingerprint density at radius 3 is 2.68 bits per heavy atom. The van der Waals surface area contributed by atoms with E-state index in [4.69, 9.17) is 4.74 Å². The summed E-state index contributed by atoms with van der Waals surface area (Å²) in [5.74, 6) is 1.16. The van der Waals surface area contributed by atoms with Crippen molar-refractivity contribution in [3.63, 3.8) is 0 Å². The van der Waals surface area contributed by atoms with E-state index in [0.29, 0.717) is 11.6 Å². The summed E-state index contributed by atoms with van der Waals surface area (Å²) in [6, 6.07) is 3.63. The lowest BCUT2D eigenvalue weighted by atomic mass is 10.1. The lowest BCUT2D eigenvalue weighted by Gasteiger charge is -2.21. The van der Waals surface area contributed by atoms with Gasteiger partial charge in [-0.05, 0) is 46.8 Å². The van der Waals surface area contributed by atoms with E-state index < -0.39 is 0 Å². The minimum atomic E-state index is -0.236. The number of anilines is 1. The maximum atomic E-state index is 11.7. The molecule has 106 valence electrons. The second-order valence-electron chi connectivity index (χ2n) is 5.67. The molecule has 5 heteroatoms. The minimum absolute atomic E-state index is 0.0631. The molecule has 0 aliphatic rings. The van der Waals surface area contributed by atoms with Crippen LogP contribution in [0.15, 0.2) is 18.3 Å². The number of ether oxygens (including phenoxy) is 1. The molecule has 0 fully saturated rings. The van der Waals surface area contributed by atoms with E-state index in [-0.39, 0.29) is 24.1 Å². The number of rotatable bonds is 5. The summed E-state index contributed by atoms with van der Waals surface area (Å²) >= 11 is 0. The number of carbonyl (C=O) groups is 1. The Kier molecular flexibility index (Phi) is 5.15. The third-order valence-electron chi connectivity index (χ3n) is 2.06. The molecular weight excluding hydrogens is 242 g/mol. The van der Waals surface area contributed by atoms with Crippen molar-refractivity contribution in [2.75, 3.05) is 11.9 Å². The fraction of sp³-hybridized carbons (Fsp3) is 0.571. The maximum absolute atomic E-state index is 11.7. The molecule has 0 atom stereocenters. The molecule has 0 aliphatic heterocycles. The van der Waals surface area contributed by atoms with Crippen LogP contribution in [0.2, 0.25) is 0 Å². The molecule has 1 heterocycles. The molecule has 5 nitrogen and oxygen atoms in total. The number of carbonyl (C=O) groups excluding carboxylic acids is 1. The molecule has 0 saturated heterocycles. The molecule has 0 bridgehead atoms. The van der Waals surface area contributed by atoms with Crippen LogP contribution >= 0.6 is 0 Å². The largest absolute Gasteiger partial charge is 0.487 e. The fourth-order valence-corrected chi connectivity index (χ4v) is 1.50. The molecule has 0 aromatic carbocycles. The van der Waals surface area contributed by atoms with E-state index in [1.54, 1.807) is 12.3 Å². The summed E-state index contributed by atoms with van der Waals surface area (Å²) in [5.41, 5.74) is -0.236. The molecule has 2 N–H and O–H groups in total. The van der Waals surface area contributed by atoms with Crippen LogP contribution in [0.4, 0.5) is 5.82 Å². The highest BCUT2D eigenvalue weighted by Crippen LogP contribution is 2.21. The predicted octanol–water partition coefficient (Wildman–Crippen LogP) is 2.20. The Labute approximate surface area is 114 Å². The Bertz CT molecular complexity index is 425. The third kappa shape index (κ3) is 6.08. The third-order valence-corrected chi connectivity index (χ3v) is 2.06. The van der Waals surface area contributed by atoms with Crippen molar-refractivity contribution in [3.05, 3.63) is 18.3 Å². The minimum Gasteiger partial charge on any atom is -0.487 e. The van der Waals surface area contributed by atoms with Crippen LogP contribution in [-0.4, -0.2) is 29.1 Å². The molecule has 0 radical (unpaired) electrons. The quantitative estimate of drug-likeness (QED) is 0.856. The zero-order valence-corrected chi connectivity index (χ0v) is 12.3. The average Bonchev–Trinajstić information content (AvgIpc) is 2.24. The summed E-state index contributed by atoms with van der Waals surface area (Å²) in [4.78, 5) is 15.9. The van der Waals surface area contributed by atoms with Crippen LogP contribution in [-0.2, 0) is 4.79 Å². The standard InChI is InChI=1S/C14H23N3O2/c1-10(2)19-11-7-6-8-15-13(11)16-9-12(18)17-14(3,4)5/h6-8,10H,9H2,1-5H3,(H,15,16)(H,17,18). The van der Waals surface area contributed by atoms with Crippen molar-refractivity contribution in [2.24, 2.45) is 0 Å². The lowest BCUT2D eigenvalue weighted by Crippen LogP contribution is -2.43. The summed E-state index contributed by atoms with van der Waals surface area (Å²) in [5, 5.41) is 5.87. The van der Waals surface area contributed by atoms with Gasteiger partial charge in [-0.2, -0.15) is 0 Å². The van der Waals surface area contributed by atoms with Gasteiger partial charge in [0.1, 0.15) is 0 Å². The molecule has 0 saturated carbocycles. The zero-order chi connectivity index (χ0) is 14.5. The van der Waals surface area contributed by atoms with Gasteiger partial charge in [0.05, 0.1) is 12.6 Å². The Hall–Kier alpha value is -1.78. The number of amides is 1. The summed E-state index contributed by atoms with van der Waals surface area (Å²) in [7, 11) is 0. The van der Waals surface area contributed by atoms with E-state index in [1.165, 1.54) is 0 Å². The van der Waals surface area contributed by atoms with E-state index in [9.17, 15) is 4.79 Å². The van der Waals surface area contributed by atoms with Crippen LogP contribution in [0.25, 0.3) is 0 Å². The fourth-order valence-electron chi connectivity index (χ4n) is 1.50. The van der Waals surface area contributed by atoms with Crippen molar-refractivity contribution in [2.45, 2.75) is 46.3 Å². The van der Waals surface area contributed by atoms with Gasteiger partial charge in [0.25, 0.3) is 0 Å². The predicted molar refractivity (Wildman–Crippen MR) is 76.4 cm³/mol. The molecular formula is C14H23N3O2. The number of hydrogen-bond acceptors (Lipinski definition) is 4. The van der Waals surface area contributed by atoms with Gasteiger partial charge in [-0.1, -0.05) is 0 Å². The summed E-state index contributed by atoms with van der Waals surface area (Å²) in [6.45, 7) is 9.89. The van der Waals surface area contributed by atoms with Gasteiger partial charge >= 0.3 is 0 Å². The molecule has 1 aromatic rings. The smallest absolute Gasteiger partial charge is 0.239 e. The van der Waals surface area contributed by atoms with E-state index in [2.05, 4.69) is 15.6 Å². The first kappa shape index (κ1) is 15.3. The van der Waals surface area contributed by atoms with Gasteiger partial charge < -0.3 is 15.4 Å². The van der Waals surface area contributed by atoms with Crippen LogP contribution < -0.4 is 15.4 Å². The van der Waals surface area contributed by atoms with E-state index in [1.807, 2.05) is 40.7 Å². The number of nitrogens with one attached hydrogen (secondary N) is 2. The Morgan fingerprint density at radius 2 is 2.11 bits per heavy atom. The van der Waals surface area contributed by atoms with E-state index in [0.717, 1.165) is 0 Å². The molecule has 1 aromatic heterocycles. The van der Waals surface area contributed by atoms with Crippen LogP contribution in [0.5, 0.6) is 5.75 Å². The molecule has 0 spiro atoms. The average molecular weight is 265 g/mol. The van der Waals surface area contributed by atoms with Gasteiger partial charge in [0.2, 0.25) is 5.91 Å². The van der Waals surface area contributed by atoms with Gasteiger partial charge in [-0.15, -0.1) is 0 Å². The number of aromatic nitrogens is 1. The van der Waals surface area contributed by atoms with E-state index >= 15 is 0 Å². The molecule has 1 rings (SSSR count). The molecule has 0 unspecified atom stereocenters. The van der Waals surface area contributed by atoms with Crippen molar-refractivity contribution < 1.29 is 9.53 Å². The monoisotopic (exact) mass is 265 g/mol. The van der Waals surface area contributed by atoms with Crippen molar-refractivity contribution in [3.8, 4) is 5.75 Å². The highest BCUT2D eigenvalue weighted by atomic mass is 16.5. The molecule has 0 aliphatic carbocycles. The SMILES string of the molecule is CC(C)Oc1cccnc1NCC(=O)NC(C)(C)C. The topological polar surface area (TPSA) is 63.2 Å². The van der Waals surface area contributed by atoms with Gasteiger partial charge in [-0.3, -0.25) is 4.79 Å². The highest BCUT2D eigenvalue weighted by molar-refractivity contribution is 5.81. The molecule has 19 heavy (non-hydrogen) atoms. The second kappa shape index (κ2) is 6.41. The van der Waals surface area contributed by atoms with Crippen molar-refractivity contribution in [1.29, 1.82) is 0 Å². The normalized spacial score (nSPS) is 11.3. The zero-order valence-electron chi connectivity index (χ0n) is 12.3. The Balaban J connectivity index is 2.60. The van der Waals surface area contributed by atoms with Crippen molar-refractivity contribution >= 4 is 11.7 Å². The number of hydrogen-bond donors (Lipinski definition) is 2. The first-order valence-corrected chi connectivity index (χ1v) is 6.44. The summed E-state index contributed by atoms with van der Waals surface area (Å²) < 4.78 is 5.62. The first-order valence-electron chi connectivity index (χ1n) is 6.44. The first-order chi connectivity index (χ1) is 8.78. The summed E-state index contributed by atoms with van der Waals surface area (Å²) in [6.07, 6.45) is 1.73. The van der Waals surface area contributed by atoms with Crippen LogP contribution in [0.1, 0.15) is 34.6 Å². The van der Waals surface area contributed by atoms with Gasteiger partial charge in [-0.25, -0.2) is 4.98 Å². The van der Waals surface area contributed by atoms with Gasteiger partial charge in [0.15, 0.2) is 11.6 Å². The lowest BCUT2D eigenvalue weighted by molar-refractivity contribution is -0.120. The molecule has 1 amide bonds. The number of nitrogens with zero attached hydrogens (tertiary/aromatic N) is 1.